The molecule has 1 heterocycles. The van der Waals surface area contributed by atoms with Gasteiger partial charge in [-0.15, -0.1) is 0 Å². The number of nitrogens with one attached hydrogen (secondary N) is 2. The van der Waals surface area contributed by atoms with Gasteiger partial charge in [0.2, 0.25) is 5.91 Å². The Bertz CT molecular complexity index is 916. The number of carbonyl (C=O) groups is 2. The number of benzene rings is 2. The van der Waals surface area contributed by atoms with E-state index in [1.54, 1.807) is 41.3 Å². The van der Waals surface area contributed by atoms with Crippen molar-refractivity contribution in [3.63, 3.8) is 0 Å². The number of nitrogens with zero attached hydrogens (tertiary/aromatic N) is 1. The molecule has 8 nitrogen and oxygen atoms in total. The van der Waals surface area contributed by atoms with Gasteiger partial charge in [-0.05, 0) is 18.2 Å². The van der Waals surface area contributed by atoms with E-state index >= 15 is 0 Å². The molecule has 30 heavy (non-hydrogen) atoms. The fraction of sp³-hybridized carbons (Fsp3) is 0.333. The molecule has 1 saturated heterocycles. The Labute approximate surface area is 180 Å². The molecule has 0 unspecified atom stereocenters. The predicted octanol–water partition coefficient (Wildman–Crippen LogP) is 2.88. The first-order chi connectivity index (χ1) is 14.5. The number of hydrogen-bond donors (Lipinski definition) is 2. The molecule has 2 amide bonds. The maximum absolute atomic E-state index is 12.6. The summed E-state index contributed by atoms with van der Waals surface area (Å²) in [6.07, 6.45) is 0. The van der Waals surface area contributed by atoms with Gasteiger partial charge in [-0.25, -0.2) is 0 Å². The summed E-state index contributed by atoms with van der Waals surface area (Å²) in [4.78, 5) is 26.8. The molecule has 1 fully saturated rings. The van der Waals surface area contributed by atoms with E-state index in [1.807, 2.05) is 0 Å². The lowest BCUT2D eigenvalue weighted by Gasteiger charge is -2.27. The fourth-order valence-corrected chi connectivity index (χ4v) is 3.28. The maximum Gasteiger partial charge on any atom is 0.254 e. The van der Waals surface area contributed by atoms with Crippen LogP contribution in [0.4, 0.5) is 11.4 Å². The number of hydrogen-bond acceptors (Lipinski definition) is 6. The molecule has 0 atom stereocenters. The zero-order chi connectivity index (χ0) is 21.5. The minimum Gasteiger partial charge on any atom is -0.495 e. The molecular formula is C21H24ClN3O5. The smallest absolute Gasteiger partial charge is 0.254 e. The zero-order valence-corrected chi connectivity index (χ0v) is 17.6. The first kappa shape index (κ1) is 21.7. The lowest BCUT2D eigenvalue weighted by Crippen LogP contribution is -2.40. The largest absolute Gasteiger partial charge is 0.495 e. The predicted molar refractivity (Wildman–Crippen MR) is 115 cm³/mol. The normalized spacial score (nSPS) is 13.5. The molecule has 0 aliphatic carbocycles. The second-order valence-electron chi connectivity index (χ2n) is 6.57. The van der Waals surface area contributed by atoms with Gasteiger partial charge < -0.3 is 29.7 Å². The van der Waals surface area contributed by atoms with E-state index < -0.39 is 0 Å². The van der Waals surface area contributed by atoms with E-state index in [0.29, 0.717) is 59.8 Å². The number of amides is 2. The van der Waals surface area contributed by atoms with Crippen LogP contribution in [0.1, 0.15) is 10.4 Å². The SMILES string of the molecule is COc1cc(NC(=O)CNc2cccc(C(=O)N3CCOCC3)c2)c(OC)cc1Cl. The standard InChI is InChI=1S/C21H24ClN3O5/c1-28-18-12-17(19(29-2)11-16(18)22)24-20(26)13-23-15-5-3-4-14(10-15)21(27)25-6-8-30-9-7-25/h3-5,10-12,23H,6-9,13H2,1-2H3,(H,24,26). The average Bonchev–Trinajstić information content (AvgIpc) is 2.78. The summed E-state index contributed by atoms with van der Waals surface area (Å²) >= 11 is 6.09. The van der Waals surface area contributed by atoms with Gasteiger partial charge in [-0.2, -0.15) is 0 Å². The molecule has 0 saturated carbocycles. The molecule has 0 radical (unpaired) electrons. The number of morpholine rings is 1. The molecule has 2 aromatic carbocycles. The van der Waals surface area contributed by atoms with E-state index in [1.165, 1.54) is 14.2 Å². The van der Waals surface area contributed by atoms with Crippen LogP contribution in [0.3, 0.4) is 0 Å². The van der Waals surface area contributed by atoms with Crippen molar-refractivity contribution in [2.45, 2.75) is 0 Å². The minimum atomic E-state index is -0.289. The topological polar surface area (TPSA) is 89.1 Å². The van der Waals surface area contributed by atoms with Gasteiger partial charge in [-0.3, -0.25) is 9.59 Å². The fourth-order valence-electron chi connectivity index (χ4n) is 3.05. The molecule has 2 N–H and O–H groups in total. The van der Waals surface area contributed by atoms with E-state index in [9.17, 15) is 9.59 Å². The molecule has 0 bridgehead atoms. The number of methoxy groups -OCH3 is 2. The van der Waals surface area contributed by atoms with Crippen molar-refractivity contribution in [2.24, 2.45) is 0 Å². The average molecular weight is 434 g/mol. The third kappa shape index (κ3) is 5.34. The summed E-state index contributed by atoms with van der Waals surface area (Å²) in [5, 5.41) is 6.19. The number of rotatable bonds is 7. The first-order valence-electron chi connectivity index (χ1n) is 9.44. The van der Waals surface area contributed by atoms with Crippen molar-refractivity contribution in [1.29, 1.82) is 0 Å². The third-order valence-electron chi connectivity index (χ3n) is 4.61. The van der Waals surface area contributed by atoms with Crippen LogP contribution >= 0.6 is 11.6 Å². The van der Waals surface area contributed by atoms with Gasteiger partial charge >= 0.3 is 0 Å². The van der Waals surface area contributed by atoms with Crippen LogP contribution in [0.5, 0.6) is 11.5 Å². The van der Waals surface area contributed by atoms with Crippen LogP contribution in [0.25, 0.3) is 0 Å². The maximum atomic E-state index is 12.6. The molecule has 2 aromatic rings. The van der Waals surface area contributed by atoms with Crippen molar-refractivity contribution in [2.75, 3.05) is 57.7 Å². The van der Waals surface area contributed by atoms with Gasteiger partial charge in [0.25, 0.3) is 5.91 Å². The van der Waals surface area contributed by atoms with Crippen LogP contribution in [0, 0.1) is 0 Å². The molecule has 1 aliphatic rings. The van der Waals surface area contributed by atoms with E-state index in [2.05, 4.69) is 10.6 Å². The Kier molecular flexibility index (Phi) is 7.37. The van der Waals surface area contributed by atoms with Gasteiger partial charge in [0.05, 0.1) is 44.7 Å². The molecule has 3 rings (SSSR count). The summed E-state index contributed by atoms with van der Waals surface area (Å²) in [6.45, 7) is 2.24. The van der Waals surface area contributed by atoms with Gasteiger partial charge in [0.1, 0.15) is 11.5 Å². The Balaban J connectivity index is 1.62. The summed E-state index contributed by atoms with van der Waals surface area (Å²) in [5.41, 5.74) is 1.68. The highest BCUT2D eigenvalue weighted by atomic mass is 35.5. The quantitative estimate of drug-likeness (QED) is 0.698. The summed E-state index contributed by atoms with van der Waals surface area (Å²) in [7, 11) is 2.98. The summed E-state index contributed by atoms with van der Waals surface area (Å²) in [6, 6.07) is 10.2. The van der Waals surface area contributed by atoms with Crippen LogP contribution < -0.4 is 20.1 Å². The van der Waals surface area contributed by atoms with E-state index in [4.69, 9.17) is 25.8 Å². The first-order valence-corrected chi connectivity index (χ1v) is 9.82. The number of anilines is 2. The second-order valence-corrected chi connectivity index (χ2v) is 6.98. The van der Waals surface area contributed by atoms with Gasteiger partial charge in [0.15, 0.2) is 0 Å². The van der Waals surface area contributed by atoms with Crippen molar-refractivity contribution in [1.82, 2.24) is 4.90 Å². The van der Waals surface area contributed by atoms with Crippen molar-refractivity contribution >= 4 is 34.8 Å². The van der Waals surface area contributed by atoms with E-state index in [-0.39, 0.29) is 18.4 Å². The Hall–Kier alpha value is -2.97. The molecular weight excluding hydrogens is 410 g/mol. The summed E-state index contributed by atoms with van der Waals surface area (Å²) in [5.74, 6) is 0.509. The summed E-state index contributed by atoms with van der Waals surface area (Å²) < 4.78 is 15.7. The highest BCUT2D eigenvalue weighted by Crippen LogP contribution is 2.35. The van der Waals surface area contributed by atoms with Gasteiger partial charge in [0, 0.05) is 36.5 Å². The monoisotopic (exact) mass is 433 g/mol. The van der Waals surface area contributed by atoms with Crippen LogP contribution in [-0.4, -0.2) is 63.8 Å². The van der Waals surface area contributed by atoms with Crippen LogP contribution in [0.15, 0.2) is 36.4 Å². The molecule has 9 heteroatoms. The molecule has 0 spiro atoms. The van der Waals surface area contributed by atoms with Crippen LogP contribution in [-0.2, 0) is 9.53 Å². The third-order valence-corrected chi connectivity index (χ3v) is 4.90. The molecule has 160 valence electrons. The van der Waals surface area contributed by atoms with Crippen LogP contribution in [0.2, 0.25) is 5.02 Å². The molecule has 0 aromatic heterocycles. The second kappa shape index (κ2) is 10.2. The highest BCUT2D eigenvalue weighted by Gasteiger charge is 2.19. The Morgan fingerprint density at radius 3 is 2.53 bits per heavy atom. The Morgan fingerprint density at radius 1 is 1.10 bits per heavy atom. The van der Waals surface area contributed by atoms with Crippen molar-refractivity contribution in [3.05, 3.63) is 47.0 Å². The lowest BCUT2D eigenvalue weighted by atomic mass is 10.1. The minimum absolute atomic E-state index is 0.00327. The number of carbonyl (C=O) groups excluding carboxylic acids is 2. The highest BCUT2D eigenvalue weighted by molar-refractivity contribution is 6.32. The van der Waals surface area contributed by atoms with Gasteiger partial charge in [-0.1, -0.05) is 17.7 Å². The van der Waals surface area contributed by atoms with Crippen molar-refractivity contribution < 1.29 is 23.8 Å². The van der Waals surface area contributed by atoms with E-state index in [0.717, 1.165) is 0 Å². The van der Waals surface area contributed by atoms with Crippen molar-refractivity contribution in [3.8, 4) is 11.5 Å². The number of ether oxygens (including phenoxy) is 3. The Morgan fingerprint density at radius 2 is 1.83 bits per heavy atom. The lowest BCUT2D eigenvalue weighted by molar-refractivity contribution is -0.114. The number of halogens is 1. The molecule has 1 aliphatic heterocycles. The zero-order valence-electron chi connectivity index (χ0n) is 16.9.